The van der Waals surface area contributed by atoms with Crippen molar-refractivity contribution >= 4 is 16.0 Å². The Morgan fingerprint density at radius 2 is 1.95 bits per heavy atom. The lowest BCUT2D eigenvalue weighted by Gasteiger charge is -2.22. The number of aliphatic carboxylic acids is 1. The molecule has 0 heterocycles. The highest BCUT2D eigenvalue weighted by Gasteiger charge is 2.26. The second-order valence-corrected chi connectivity index (χ2v) is 6.65. The number of hydrogen-bond donors (Lipinski definition) is 1. The maximum absolute atomic E-state index is 12.5. The van der Waals surface area contributed by atoms with E-state index in [4.69, 9.17) is 9.84 Å². The van der Waals surface area contributed by atoms with Crippen molar-refractivity contribution in [1.82, 2.24) is 9.21 Å². The van der Waals surface area contributed by atoms with Gasteiger partial charge in [0.05, 0.1) is 12.0 Å². The number of nitrogens with zero attached hydrogens (tertiary/aromatic N) is 2. The van der Waals surface area contributed by atoms with Crippen LogP contribution in [0.1, 0.15) is 0 Å². The van der Waals surface area contributed by atoms with Gasteiger partial charge < -0.3 is 14.7 Å². The standard InChI is InChI=1S/C13H20N2O5S/c1-14(2)7-8-15(10-13(16)17)21(18,19)12-6-4-5-11(9-12)20-3/h4-6,9H,7-8,10H2,1-3H3,(H,16,17). The molecule has 0 bridgehead atoms. The van der Waals surface area contributed by atoms with Crippen LogP contribution in [0, 0.1) is 0 Å². The van der Waals surface area contributed by atoms with Gasteiger partial charge in [0, 0.05) is 19.2 Å². The summed E-state index contributed by atoms with van der Waals surface area (Å²) in [5, 5.41) is 8.92. The zero-order chi connectivity index (χ0) is 16.0. The number of ether oxygens (including phenoxy) is 1. The monoisotopic (exact) mass is 316 g/mol. The molecule has 0 atom stereocenters. The number of likely N-dealkylation sites (N-methyl/N-ethyl adjacent to an activating group) is 1. The van der Waals surface area contributed by atoms with Gasteiger partial charge in [0.25, 0.3) is 0 Å². The van der Waals surface area contributed by atoms with Crippen molar-refractivity contribution in [2.75, 3.05) is 40.8 Å². The largest absolute Gasteiger partial charge is 0.497 e. The minimum atomic E-state index is -3.88. The molecule has 0 radical (unpaired) electrons. The molecule has 0 aliphatic heterocycles. The first-order chi connectivity index (χ1) is 9.77. The van der Waals surface area contributed by atoms with Crippen LogP contribution in [0.5, 0.6) is 5.75 Å². The van der Waals surface area contributed by atoms with Gasteiger partial charge in [-0.1, -0.05) is 6.07 Å². The highest BCUT2D eigenvalue weighted by Crippen LogP contribution is 2.20. The van der Waals surface area contributed by atoms with Crippen molar-refractivity contribution < 1.29 is 23.1 Å². The number of sulfonamides is 1. The molecule has 0 aromatic heterocycles. The third kappa shape index (κ3) is 5.00. The smallest absolute Gasteiger partial charge is 0.318 e. The normalized spacial score (nSPS) is 11.9. The van der Waals surface area contributed by atoms with Crippen molar-refractivity contribution in [3.63, 3.8) is 0 Å². The Morgan fingerprint density at radius 3 is 2.48 bits per heavy atom. The van der Waals surface area contributed by atoms with Crippen LogP contribution in [0.4, 0.5) is 0 Å². The lowest BCUT2D eigenvalue weighted by molar-refractivity contribution is -0.137. The van der Waals surface area contributed by atoms with Crippen LogP contribution in [-0.2, 0) is 14.8 Å². The van der Waals surface area contributed by atoms with E-state index in [1.54, 1.807) is 31.1 Å². The summed E-state index contributed by atoms with van der Waals surface area (Å²) in [7, 11) is 1.14. The molecule has 8 heteroatoms. The van der Waals surface area contributed by atoms with Crippen LogP contribution in [-0.4, -0.2) is 69.5 Å². The van der Waals surface area contributed by atoms with Crippen molar-refractivity contribution in [3.8, 4) is 5.75 Å². The number of benzene rings is 1. The molecule has 0 aliphatic rings. The third-order valence-corrected chi connectivity index (χ3v) is 4.63. The number of carboxylic acid groups (broad SMARTS) is 1. The Hall–Kier alpha value is -1.64. The predicted molar refractivity (Wildman–Crippen MR) is 77.9 cm³/mol. The topological polar surface area (TPSA) is 87.2 Å². The summed E-state index contributed by atoms with van der Waals surface area (Å²) in [6, 6.07) is 5.97. The van der Waals surface area contributed by atoms with Gasteiger partial charge in [-0.2, -0.15) is 4.31 Å². The van der Waals surface area contributed by atoms with E-state index in [1.165, 1.54) is 19.2 Å². The molecule has 0 amide bonds. The molecule has 1 N–H and O–H groups in total. The zero-order valence-electron chi connectivity index (χ0n) is 12.3. The number of hydrogen-bond acceptors (Lipinski definition) is 5. The lowest BCUT2D eigenvalue weighted by Crippen LogP contribution is -2.39. The first-order valence-corrected chi connectivity index (χ1v) is 7.72. The van der Waals surface area contributed by atoms with Crippen molar-refractivity contribution in [3.05, 3.63) is 24.3 Å². The number of carboxylic acids is 1. The lowest BCUT2D eigenvalue weighted by atomic mass is 10.3. The molecule has 0 saturated heterocycles. The fourth-order valence-corrected chi connectivity index (χ4v) is 3.07. The zero-order valence-corrected chi connectivity index (χ0v) is 13.1. The molecule has 0 fully saturated rings. The Labute approximate surface area is 124 Å². The summed E-state index contributed by atoms with van der Waals surface area (Å²) in [4.78, 5) is 12.7. The summed E-state index contributed by atoms with van der Waals surface area (Å²) in [6.07, 6.45) is 0. The first kappa shape index (κ1) is 17.4. The van der Waals surface area contributed by atoms with Crippen LogP contribution in [0.25, 0.3) is 0 Å². The molecular weight excluding hydrogens is 296 g/mol. The van der Waals surface area contributed by atoms with Crippen LogP contribution < -0.4 is 4.74 Å². The summed E-state index contributed by atoms with van der Waals surface area (Å²) < 4.78 is 31.0. The third-order valence-electron chi connectivity index (χ3n) is 2.79. The maximum atomic E-state index is 12.5. The van der Waals surface area contributed by atoms with Crippen LogP contribution in [0.2, 0.25) is 0 Å². The van der Waals surface area contributed by atoms with Crippen LogP contribution in [0.3, 0.4) is 0 Å². The maximum Gasteiger partial charge on any atom is 0.318 e. The summed E-state index contributed by atoms with van der Waals surface area (Å²) >= 11 is 0. The van der Waals surface area contributed by atoms with Gasteiger partial charge in [-0.3, -0.25) is 4.79 Å². The SMILES string of the molecule is COc1cccc(S(=O)(=O)N(CCN(C)C)CC(=O)O)c1. The highest BCUT2D eigenvalue weighted by atomic mass is 32.2. The molecule has 0 spiro atoms. The van der Waals surface area contributed by atoms with Gasteiger partial charge in [-0.25, -0.2) is 8.42 Å². The second-order valence-electron chi connectivity index (χ2n) is 4.71. The van der Waals surface area contributed by atoms with E-state index in [2.05, 4.69) is 0 Å². The summed E-state index contributed by atoms with van der Waals surface area (Å²) in [6.45, 7) is -0.0529. The fraction of sp³-hybridized carbons (Fsp3) is 0.462. The molecule has 1 aromatic carbocycles. The van der Waals surface area contributed by atoms with E-state index >= 15 is 0 Å². The summed E-state index contributed by atoms with van der Waals surface area (Å²) in [5.74, 6) is -0.792. The average molecular weight is 316 g/mol. The molecule has 118 valence electrons. The first-order valence-electron chi connectivity index (χ1n) is 6.28. The Balaban J connectivity index is 3.09. The molecule has 0 unspecified atom stereocenters. The van der Waals surface area contributed by atoms with E-state index < -0.39 is 22.5 Å². The number of carbonyl (C=O) groups is 1. The van der Waals surface area contributed by atoms with Crippen molar-refractivity contribution in [2.45, 2.75) is 4.90 Å². The van der Waals surface area contributed by atoms with Gasteiger partial charge in [0.15, 0.2) is 0 Å². The van der Waals surface area contributed by atoms with E-state index in [-0.39, 0.29) is 11.4 Å². The van der Waals surface area contributed by atoms with Gasteiger partial charge in [0.2, 0.25) is 10.0 Å². The molecule has 0 saturated carbocycles. The number of methoxy groups -OCH3 is 1. The molecular formula is C13H20N2O5S. The molecule has 21 heavy (non-hydrogen) atoms. The number of rotatable bonds is 8. The van der Waals surface area contributed by atoms with Crippen LogP contribution >= 0.6 is 0 Å². The van der Waals surface area contributed by atoms with Gasteiger partial charge >= 0.3 is 5.97 Å². The average Bonchev–Trinajstić information content (AvgIpc) is 2.42. The van der Waals surface area contributed by atoms with Crippen molar-refractivity contribution in [1.29, 1.82) is 0 Å². The highest BCUT2D eigenvalue weighted by molar-refractivity contribution is 7.89. The van der Waals surface area contributed by atoms with Gasteiger partial charge in [-0.15, -0.1) is 0 Å². The summed E-state index contributed by atoms with van der Waals surface area (Å²) in [5.41, 5.74) is 0. The van der Waals surface area contributed by atoms with E-state index in [1.807, 2.05) is 0 Å². The van der Waals surface area contributed by atoms with Gasteiger partial charge in [-0.05, 0) is 26.2 Å². The fourth-order valence-electron chi connectivity index (χ4n) is 1.66. The van der Waals surface area contributed by atoms with Gasteiger partial charge in [0.1, 0.15) is 12.3 Å². The van der Waals surface area contributed by atoms with E-state index in [0.717, 1.165) is 4.31 Å². The van der Waals surface area contributed by atoms with E-state index in [0.29, 0.717) is 12.3 Å². The molecule has 1 aromatic rings. The minimum Gasteiger partial charge on any atom is -0.497 e. The molecule has 7 nitrogen and oxygen atoms in total. The molecule has 1 rings (SSSR count). The Morgan fingerprint density at radius 1 is 1.29 bits per heavy atom. The second kappa shape index (κ2) is 7.39. The van der Waals surface area contributed by atoms with Crippen molar-refractivity contribution in [2.24, 2.45) is 0 Å². The minimum absolute atomic E-state index is 0.0156. The molecule has 0 aliphatic carbocycles. The Kier molecular flexibility index (Phi) is 6.13. The quantitative estimate of drug-likeness (QED) is 0.744. The Bertz CT molecular complexity index is 586. The predicted octanol–water partition coefficient (Wildman–Crippen LogP) is 0.332. The van der Waals surface area contributed by atoms with E-state index in [9.17, 15) is 13.2 Å². The van der Waals surface area contributed by atoms with Crippen LogP contribution in [0.15, 0.2) is 29.2 Å².